The predicted octanol–water partition coefficient (Wildman–Crippen LogP) is 3.20. The Hall–Kier alpha value is -1.60. The zero-order valence-electron chi connectivity index (χ0n) is 13.7. The van der Waals surface area contributed by atoms with Crippen molar-refractivity contribution in [1.82, 2.24) is 15.0 Å². The van der Waals surface area contributed by atoms with Gasteiger partial charge in [0, 0.05) is 23.9 Å². The van der Waals surface area contributed by atoms with Crippen LogP contribution in [0.25, 0.3) is 0 Å². The van der Waals surface area contributed by atoms with E-state index in [1.807, 2.05) is 6.92 Å². The quantitative estimate of drug-likeness (QED) is 0.830. The van der Waals surface area contributed by atoms with Gasteiger partial charge in [0.1, 0.15) is 0 Å². The van der Waals surface area contributed by atoms with Gasteiger partial charge in [0.05, 0.1) is 36.3 Å². The Morgan fingerprint density at radius 3 is 3.00 bits per heavy atom. The number of aryl methyl sites for hydroxylation is 1. The molecule has 0 bridgehead atoms. The Kier molecular flexibility index (Phi) is 4.22. The first-order valence-corrected chi connectivity index (χ1v) is 9.24. The van der Waals surface area contributed by atoms with Crippen LogP contribution < -0.4 is 4.90 Å². The third kappa shape index (κ3) is 3.02. The smallest absolute Gasteiger partial charge is 0.225 e. The Morgan fingerprint density at radius 2 is 2.25 bits per heavy atom. The van der Waals surface area contributed by atoms with E-state index in [1.54, 1.807) is 11.3 Å². The van der Waals surface area contributed by atoms with Crippen LogP contribution >= 0.6 is 11.3 Å². The van der Waals surface area contributed by atoms with E-state index < -0.39 is 5.82 Å². The SMILES string of the molecule is Cc1nc(COC[C@@]23CCC[C@@H]2CN(c2ncc(F)cn2)C3)cs1. The molecule has 0 N–H and O–H groups in total. The van der Waals surface area contributed by atoms with Crippen molar-refractivity contribution < 1.29 is 9.13 Å². The number of hydrogen-bond acceptors (Lipinski definition) is 6. The molecule has 7 heteroatoms. The maximum atomic E-state index is 13.0. The summed E-state index contributed by atoms with van der Waals surface area (Å²) in [6, 6.07) is 0. The number of thiazole rings is 1. The molecule has 0 aromatic carbocycles. The number of anilines is 1. The van der Waals surface area contributed by atoms with Crippen LogP contribution in [-0.2, 0) is 11.3 Å². The summed E-state index contributed by atoms with van der Waals surface area (Å²) in [7, 11) is 0. The topological polar surface area (TPSA) is 51.1 Å². The first-order valence-electron chi connectivity index (χ1n) is 8.36. The van der Waals surface area contributed by atoms with Crippen molar-refractivity contribution in [3.63, 3.8) is 0 Å². The summed E-state index contributed by atoms with van der Waals surface area (Å²) in [5.74, 6) is 0.832. The molecule has 0 amide bonds. The van der Waals surface area contributed by atoms with Crippen molar-refractivity contribution in [3.8, 4) is 0 Å². The Bertz CT molecular complexity index is 707. The highest BCUT2D eigenvalue weighted by molar-refractivity contribution is 7.09. The lowest BCUT2D eigenvalue weighted by Gasteiger charge is -2.28. The van der Waals surface area contributed by atoms with Gasteiger partial charge in [-0.15, -0.1) is 11.3 Å². The maximum Gasteiger partial charge on any atom is 0.225 e. The van der Waals surface area contributed by atoms with Crippen molar-refractivity contribution in [2.45, 2.75) is 32.8 Å². The Morgan fingerprint density at radius 1 is 1.42 bits per heavy atom. The molecule has 2 fully saturated rings. The Labute approximate surface area is 144 Å². The lowest BCUT2D eigenvalue weighted by atomic mass is 9.82. The van der Waals surface area contributed by atoms with Gasteiger partial charge in [-0.05, 0) is 25.7 Å². The third-order valence-corrected chi connectivity index (χ3v) is 6.06. The molecule has 0 spiro atoms. The van der Waals surface area contributed by atoms with Crippen LogP contribution in [0.1, 0.15) is 30.0 Å². The minimum atomic E-state index is -0.394. The number of fused-ring (bicyclic) bond motifs is 1. The van der Waals surface area contributed by atoms with Crippen LogP contribution in [0.15, 0.2) is 17.8 Å². The molecular weight excluding hydrogens is 327 g/mol. The number of halogens is 1. The van der Waals surface area contributed by atoms with Gasteiger partial charge >= 0.3 is 0 Å². The standard InChI is InChI=1S/C17H21FN4OS/c1-12-21-15(9-24-12)8-23-11-17-4-2-3-13(17)7-22(10-17)16-19-5-14(18)6-20-16/h5-6,9,13H,2-4,7-8,10-11H2,1H3/t13-,17+/m1/s1. The predicted molar refractivity (Wildman–Crippen MR) is 90.5 cm³/mol. The molecule has 3 heterocycles. The highest BCUT2D eigenvalue weighted by Crippen LogP contribution is 2.49. The third-order valence-electron chi connectivity index (χ3n) is 5.24. The van der Waals surface area contributed by atoms with Gasteiger partial charge in [-0.2, -0.15) is 0 Å². The molecule has 1 saturated carbocycles. The molecule has 1 saturated heterocycles. The van der Waals surface area contributed by atoms with Gasteiger partial charge < -0.3 is 9.64 Å². The summed E-state index contributed by atoms with van der Waals surface area (Å²) in [6.07, 6.45) is 6.12. The van der Waals surface area contributed by atoms with Crippen LogP contribution in [0, 0.1) is 24.1 Å². The van der Waals surface area contributed by atoms with Gasteiger partial charge in [0.25, 0.3) is 0 Å². The normalized spacial score (nSPS) is 26.1. The maximum absolute atomic E-state index is 13.0. The molecule has 5 nitrogen and oxygen atoms in total. The van der Waals surface area contributed by atoms with Crippen molar-refractivity contribution >= 4 is 17.3 Å². The monoisotopic (exact) mass is 348 g/mol. The Balaban J connectivity index is 1.41. The van der Waals surface area contributed by atoms with Gasteiger partial charge in [-0.25, -0.2) is 19.3 Å². The van der Waals surface area contributed by atoms with Crippen molar-refractivity contribution in [3.05, 3.63) is 34.3 Å². The van der Waals surface area contributed by atoms with E-state index >= 15 is 0 Å². The molecular formula is C17H21FN4OS. The number of rotatable bonds is 5. The first-order chi connectivity index (χ1) is 11.6. The molecule has 24 heavy (non-hydrogen) atoms. The molecule has 128 valence electrons. The summed E-state index contributed by atoms with van der Waals surface area (Å²) in [4.78, 5) is 14.9. The van der Waals surface area contributed by atoms with E-state index in [-0.39, 0.29) is 5.41 Å². The van der Waals surface area contributed by atoms with Crippen LogP contribution in [-0.4, -0.2) is 34.6 Å². The fraction of sp³-hybridized carbons (Fsp3) is 0.588. The number of nitrogens with zero attached hydrogens (tertiary/aromatic N) is 4. The summed E-state index contributed by atoms with van der Waals surface area (Å²) in [6.45, 7) is 5.15. The van der Waals surface area contributed by atoms with Crippen LogP contribution in [0.3, 0.4) is 0 Å². The van der Waals surface area contributed by atoms with E-state index in [2.05, 4.69) is 25.2 Å². The van der Waals surface area contributed by atoms with Crippen molar-refractivity contribution in [2.24, 2.45) is 11.3 Å². The molecule has 2 atom stereocenters. The molecule has 1 aliphatic heterocycles. The molecule has 2 aliphatic rings. The van der Waals surface area contributed by atoms with Gasteiger partial charge in [-0.1, -0.05) is 6.42 Å². The van der Waals surface area contributed by atoms with E-state index in [1.165, 1.54) is 31.7 Å². The summed E-state index contributed by atoms with van der Waals surface area (Å²) < 4.78 is 19.1. The second-order valence-corrected chi connectivity index (χ2v) is 7.95. The summed E-state index contributed by atoms with van der Waals surface area (Å²) in [5.41, 5.74) is 1.18. The van der Waals surface area contributed by atoms with Crippen molar-refractivity contribution in [2.75, 3.05) is 24.6 Å². The van der Waals surface area contributed by atoms with E-state index in [9.17, 15) is 4.39 Å². The van der Waals surface area contributed by atoms with Gasteiger partial charge in [0.15, 0.2) is 5.82 Å². The fourth-order valence-corrected chi connectivity index (χ4v) is 4.70. The first kappa shape index (κ1) is 15.9. The average Bonchev–Trinajstić information content (AvgIpc) is 3.22. The lowest BCUT2D eigenvalue weighted by Crippen LogP contribution is -2.32. The highest BCUT2D eigenvalue weighted by Gasteiger charge is 2.50. The highest BCUT2D eigenvalue weighted by atomic mass is 32.1. The van der Waals surface area contributed by atoms with E-state index in [4.69, 9.17) is 4.74 Å². The second-order valence-electron chi connectivity index (χ2n) is 6.88. The number of ether oxygens (including phenoxy) is 1. The molecule has 2 aromatic rings. The van der Waals surface area contributed by atoms with Crippen molar-refractivity contribution in [1.29, 1.82) is 0 Å². The number of hydrogen-bond donors (Lipinski definition) is 0. The molecule has 0 radical (unpaired) electrons. The minimum Gasteiger partial charge on any atom is -0.374 e. The van der Waals surface area contributed by atoms with Crippen LogP contribution in [0.5, 0.6) is 0 Å². The molecule has 1 aliphatic carbocycles. The average molecular weight is 348 g/mol. The molecule has 4 rings (SSSR count). The fourth-order valence-electron chi connectivity index (χ4n) is 4.10. The molecule has 0 unspecified atom stereocenters. The minimum absolute atomic E-state index is 0.169. The number of aromatic nitrogens is 3. The largest absolute Gasteiger partial charge is 0.374 e. The zero-order chi connectivity index (χ0) is 16.6. The van der Waals surface area contributed by atoms with Crippen LogP contribution in [0.2, 0.25) is 0 Å². The molecule has 2 aromatic heterocycles. The zero-order valence-corrected chi connectivity index (χ0v) is 14.6. The van der Waals surface area contributed by atoms with E-state index in [0.717, 1.165) is 30.4 Å². The lowest BCUT2D eigenvalue weighted by molar-refractivity contribution is 0.0302. The summed E-state index contributed by atoms with van der Waals surface area (Å²) in [5, 5.41) is 3.14. The van der Waals surface area contributed by atoms with Crippen LogP contribution in [0.4, 0.5) is 10.3 Å². The van der Waals surface area contributed by atoms with Gasteiger partial charge in [-0.3, -0.25) is 0 Å². The summed E-state index contributed by atoms with van der Waals surface area (Å²) >= 11 is 1.66. The van der Waals surface area contributed by atoms with E-state index in [0.29, 0.717) is 18.5 Å². The van der Waals surface area contributed by atoms with Gasteiger partial charge in [0.2, 0.25) is 5.95 Å². The second kappa shape index (κ2) is 6.37.